The van der Waals surface area contributed by atoms with E-state index in [0.29, 0.717) is 59.1 Å². The highest BCUT2D eigenvalue weighted by Crippen LogP contribution is 2.39. The van der Waals surface area contributed by atoms with Gasteiger partial charge in [0.15, 0.2) is 0 Å². The van der Waals surface area contributed by atoms with Crippen LogP contribution in [-0.2, 0) is 14.3 Å². The number of thioether (sulfide) groups is 1. The van der Waals surface area contributed by atoms with E-state index in [9.17, 15) is 9.59 Å². The van der Waals surface area contributed by atoms with Crippen molar-refractivity contribution >= 4 is 40.9 Å². The summed E-state index contributed by atoms with van der Waals surface area (Å²) in [5.74, 6) is 0.649. The van der Waals surface area contributed by atoms with Crippen LogP contribution in [-0.4, -0.2) is 43.0 Å². The van der Waals surface area contributed by atoms with Crippen LogP contribution < -0.4 is 9.64 Å². The van der Waals surface area contributed by atoms with Crippen molar-refractivity contribution in [1.29, 1.82) is 0 Å². The van der Waals surface area contributed by atoms with Crippen LogP contribution in [0.3, 0.4) is 0 Å². The SMILES string of the molecule is O=C1C(Sc2ccc(Cl)cc2)=C(N2CCOCC2)C(=O)N1c1ccc(Oc2ccccc2)cc1. The van der Waals surface area contributed by atoms with Gasteiger partial charge >= 0.3 is 0 Å². The van der Waals surface area contributed by atoms with Crippen molar-refractivity contribution in [1.82, 2.24) is 4.90 Å². The number of carbonyl (C=O) groups is 2. The fourth-order valence-corrected chi connectivity index (χ4v) is 4.92. The zero-order valence-corrected chi connectivity index (χ0v) is 19.7. The standard InChI is InChI=1S/C26H21ClN2O4S/c27-18-6-12-22(13-7-18)34-24-23(28-14-16-32-17-15-28)25(30)29(26(24)31)19-8-10-21(11-9-19)33-20-4-2-1-3-5-20/h1-13H,14-17H2. The Morgan fingerprint density at radius 1 is 0.794 bits per heavy atom. The summed E-state index contributed by atoms with van der Waals surface area (Å²) < 4.78 is 11.3. The highest BCUT2D eigenvalue weighted by atomic mass is 35.5. The van der Waals surface area contributed by atoms with Crippen LogP contribution in [0.25, 0.3) is 0 Å². The number of halogens is 1. The number of amides is 2. The Morgan fingerprint density at radius 3 is 2.12 bits per heavy atom. The van der Waals surface area contributed by atoms with E-state index in [1.807, 2.05) is 47.4 Å². The lowest BCUT2D eigenvalue weighted by molar-refractivity contribution is -0.121. The first-order chi connectivity index (χ1) is 16.6. The fourth-order valence-electron chi connectivity index (χ4n) is 3.80. The van der Waals surface area contributed by atoms with Gasteiger partial charge in [-0.15, -0.1) is 0 Å². The average molecular weight is 493 g/mol. The topological polar surface area (TPSA) is 59.1 Å². The van der Waals surface area contributed by atoms with Crippen LogP contribution in [0.5, 0.6) is 11.5 Å². The molecule has 0 aromatic heterocycles. The van der Waals surface area contributed by atoms with E-state index in [4.69, 9.17) is 21.1 Å². The summed E-state index contributed by atoms with van der Waals surface area (Å²) in [4.78, 5) is 31.5. The quantitative estimate of drug-likeness (QED) is 0.433. The molecule has 172 valence electrons. The number of hydrogen-bond donors (Lipinski definition) is 0. The summed E-state index contributed by atoms with van der Waals surface area (Å²) in [5.41, 5.74) is 0.908. The van der Waals surface area contributed by atoms with E-state index in [0.717, 1.165) is 4.90 Å². The van der Waals surface area contributed by atoms with E-state index in [1.54, 1.807) is 36.4 Å². The van der Waals surface area contributed by atoms with Gasteiger partial charge in [0.25, 0.3) is 11.8 Å². The molecule has 0 atom stereocenters. The monoisotopic (exact) mass is 492 g/mol. The number of nitrogens with zero attached hydrogens (tertiary/aromatic N) is 2. The smallest absolute Gasteiger partial charge is 0.283 e. The molecule has 8 heteroatoms. The first-order valence-electron chi connectivity index (χ1n) is 10.8. The third kappa shape index (κ3) is 4.68. The molecule has 0 N–H and O–H groups in total. The normalized spacial score (nSPS) is 16.4. The van der Waals surface area contributed by atoms with Gasteiger partial charge in [0, 0.05) is 23.0 Å². The first-order valence-corrected chi connectivity index (χ1v) is 12.0. The summed E-state index contributed by atoms with van der Waals surface area (Å²) in [6.07, 6.45) is 0. The number of hydrogen-bond acceptors (Lipinski definition) is 6. The van der Waals surface area contributed by atoms with Crippen LogP contribution >= 0.6 is 23.4 Å². The summed E-state index contributed by atoms with van der Waals surface area (Å²) >= 11 is 7.29. The first kappa shape index (κ1) is 22.5. The van der Waals surface area contributed by atoms with E-state index < -0.39 is 0 Å². The summed E-state index contributed by atoms with van der Waals surface area (Å²) in [7, 11) is 0. The number of rotatable bonds is 6. The van der Waals surface area contributed by atoms with Crippen molar-refractivity contribution < 1.29 is 19.1 Å². The minimum absolute atomic E-state index is 0.333. The van der Waals surface area contributed by atoms with Gasteiger partial charge in [-0.3, -0.25) is 9.59 Å². The minimum Gasteiger partial charge on any atom is -0.457 e. The maximum atomic E-state index is 13.5. The second kappa shape index (κ2) is 9.93. The van der Waals surface area contributed by atoms with Gasteiger partial charge < -0.3 is 14.4 Å². The Balaban J connectivity index is 1.43. The second-order valence-corrected chi connectivity index (χ2v) is 9.21. The molecule has 2 amide bonds. The second-order valence-electron chi connectivity index (χ2n) is 7.69. The molecule has 2 heterocycles. The molecule has 3 aromatic rings. The number of ether oxygens (including phenoxy) is 2. The number of morpholine rings is 1. The summed E-state index contributed by atoms with van der Waals surface area (Å²) in [5, 5.41) is 0.611. The van der Waals surface area contributed by atoms with Crippen molar-refractivity contribution in [3.63, 3.8) is 0 Å². The van der Waals surface area contributed by atoms with Gasteiger partial charge in [-0.25, -0.2) is 4.90 Å². The largest absolute Gasteiger partial charge is 0.457 e. The Kier molecular flexibility index (Phi) is 6.58. The van der Waals surface area contributed by atoms with Crippen LogP contribution in [0.2, 0.25) is 5.02 Å². The molecule has 1 saturated heterocycles. The Hall–Kier alpha value is -3.26. The number of anilines is 1. The summed E-state index contributed by atoms with van der Waals surface area (Å²) in [6, 6.07) is 23.6. The molecular weight excluding hydrogens is 472 g/mol. The molecule has 5 rings (SSSR count). The van der Waals surface area contributed by atoms with Crippen molar-refractivity contribution in [2.45, 2.75) is 4.90 Å². The maximum Gasteiger partial charge on any atom is 0.283 e. The van der Waals surface area contributed by atoms with Crippen LogP contribution in [0, 0.1) is 0 Å². The Labute approximate surface area is 206 Å². The third-order valence-corrected chi connectivity index (χ3v) is 6.78. The molecule has 0 unspecified atom stereocenters. The van der Waals surface area contributed by atoms with Crippen molar-refractivity contribution in [2.24, 2.45) is 0 Å². The van der Waals surface area contributed by atoms with Gasteiger partial charge in [-0.05, 0) is 60.7 Å². The lowest BCUT2D eigenvalue weighted by atomic mass is 10.2. The molecule has 1 fully saturated rings. The number of carbonyl (C=O) groups excluding carboxylic acids is 2. The molecule has 34 heavy (non-hydrogen) atoms. The van der Waals surface area contributed by atoms with E-state index in [-0.39, 0.29) is 11.8 Å². The van der Waals surface area contributed by atoms with Gasteiger partial charge in [-0.2, -0.15) is 0 Å². The highest BCUT2D eigenvalue weighted by molar-refractivity contribution is 8.04. The van der Waals surface area contributed by atoms with E-state index >= 15 is 0 Å². The minimum atomic E-state index is -0.344. The predicted octanol–water partition coefficient (Wildman–Crippen LogP) is 5.34. The summed E-state index contributed by atoms with van der Waals surface area (Å²) in [6.45, 7) is 2.12. The molecule has 3 aromatic carbocycles. The van der Waals surface area contributed by atoms with Gasteiger partial charge in [-0.1, -0.05) is 41.6 Å². The number of benzene rings is 3. The molecule has 6 nitrogen and oxygen atoms in total. The average Bonchev–Trinajstić information content (AvgIpc) is 3.11. The van der Waals surface area contributed by atoms with Gasteiger partial charge in [0.2, 0.25) is 0 Å². The zero-order valence-electron chi connectivity index (χ0n) is 18.1. The number of imide groups is 1. The molecular formula is C26H21ClN2O4S. The van der Waals surface area contributed by atoms with Gasteiger partial charge in [0.05, 0.1) is 18.9 Å². The van der Waals surface area contributed by atoms with Gasteiger partial charge in [0.1, 0.15) is 22.1 Å². The molecule has 0 saturated carbocycles. The van der Waals surface area contributed by atoms with Crippen LogP contribution in [0.1, 0.15) is 0 Å². The highest BCUT2D eigenvalue weighted by Gasteiger charge is 2.42. The third-order valence-electron chi connectivity index (χ3n) is 5.45. The van der Waals surface area contributed by atoms with Crippen LogP contribution in [0.15, 0.2) is 94.4 Å². The lowest BCUT2D eigenvalue weighted by Gasteiger charge is -2.29. The molecule has 0 aliphatic carbocycles. The Bertz CT molecular complexity index is 1220. The van der Waals surface area contributed by atoms with Crippen molar-refractivity contribution in [2.75, 3.05) is 31.2 Å². The molecule has 0 bridgehead atoms. The zero-order chi connectivity index (χ0) is 23.5. The Morgan fingerprint density at radius 2 is 1.44 bits per heavy atom. The number of para-hydroxylation sites is 1. The molecule has 0 spiro atoms. The predicted molar refractivity (Wildman–Crippen MR) is 132 cm³/mol. The molecule has 2 aliphatic heterocycles. The van der Waals surface area contributed by atoms with E-state index in [1.165, 1.54) is 16.7 Å². The lowest BCUT2D eigenvalue weighted by Crippen LogP contribution is -2.40. The van der Waals surface area contributed by atoms with Crippen molar-refractivity contribution in [3.05, 3.63) is 94.5 Å². The molecule has 0 radical (unpaired) electrons. The van der Waals surface area contributed by atoms with E-state index in [2.05, 4.69) is 0 Å². The maximum absolute atomic E-state index is 13.5. The van der Waals surface area contributed by atoms with Crippen molar-refractivity contribution in [3.8, 4) is 11.5 Å². The fraction of sp³-hybridized carbons (Fsp3) is 0.154. The van der Waals surface area contributed by atoms with Crippen LogP contribution in [0.4, 0.5) is 5.69 Å². The molecule has 2 aliphatic rings.